The summed E-state index contributed by atoms with van der Waals surface area (Å²) in [5, 5.41) is 0.0541. The Balaban J connectivity index is 2.03. The molecule has 1 aliphatic heterocycles. The SMILES string of the molecule is [2H]C([2H])([2H])c1ccc(CC([2H])([2H])n2c3c(c4cc(C)ccc42)C([2H])([2H])N(C([2H])([2H])[2H])C([2H])([2H])C3([2H])[2H])cn1. The Labute approximate surface area is 163 Å². The lowest BCUT2D eigenvalue weighted by Crippen LogP contribution is -2.27. The average molecular weight is 334 g/mol. The summed E-state index contributed by atoms with van der Waals surface area (Å²) in [5.74, 6) is 0. The van der Waals surface area contributed by atoms with Crippen LogP contribution in [0.25, 0.3) is 10.9 Å². The normalized spacial score (nSPS) is 31.5. The molecule has 3 heteroatoms. The second-order valence-corrected chi connectivity index (χ2v) is 5.65. The molecular weight excluding hydrogens is 294 g/mol. The Bertz CT molecular complexity index is 1380. The lowest BCUT2D eigenvalue weighted by Gasteiger charge is -2.24. The molecule has 0 saturated carbocycles. The number of pyridine rings is 1. The number of aromatic nitrogens is 2. The van der Waals surface area contributed by atoms with Crippen molar-refractivity contribution in [3.05, 3.63) is 64.6 Å². The third-order valence-corrected chi connectivity index (χ3v) is 3.90. The summed E-state index contributed by atoms with van der Waals surface area (Å²) in [5.41, 5.74) is -0.375. The highest BCUT2D eigenvalue weighted by Crippen LogP contribution is 2.31. The van der Waals surface area contributed by atoms with Gasteiger partial charge in [0, 0.05) is 70.8 Å². The molecule has 3 heterocycles. The van der Waals surface area contributed by atoms with Gasteiger partial charge in [0.2, 0.25) is 0 Å². The first kappa shape index (κ1) is 6.30. The molecule has 4 rings (SSSR count). The lowest BCUT2D eigenvalue weighted by atomic mass is 10.0. The summed E-state index contributed by atoms with van der Waals surface area (Å²) < 4.78 is 117. The third-order valence-electron chi connectivity index (χ3n) is 3.90. The highest BCUT2D eigenvalue weighted by molar-refractivity contribution is 5.86. The zero-order chi connectivity index (χ0) is 28.9. The Kier molecular flexibility index (Phi) is 1.59. The Morgan fingerprint density at radius 2 is 2.29 bits per heavy atom. The van der Waals surface area contributed by atoms with Gasteiger partial charge < -0.3 is 9.47 Å². The monoisotopic (exact) mass is 333 g/mol. The molecule has 0 saturated heterocycles. The van der Waals surface area contributed by atoms with Crippen LogP contribution in [-0.4, -0.2) is 27.9 Å². The minimum atomic E-state index is -3.41. The van der Waals surface area contributed by atoms with E-state index in [1.54, 1.807) is 13.0 Å². The molecule has 3 nitrogen and oxygen atoms in total. The fraction of sp³-hybridized carbons (Fsp3) is 0.381. The molecule has 24 heavy (non-hydrogen) atoms. The van der Waals surface area contributed by atoms with Gasteiger partial charge in [0.1, 0.15) is 0 Å². The van der Waals surface area contributed by atoms with Crippen molar-refractivity contribution < 1.29 is 19.2 Å². The molecule has 3 aromatic rings. The first-order valence-electron chi connectivity index (χ1n) is 14.5. The van der Waals surface area contributed by atoms with Crippen LogP contribution in [0, 0.1) is 13.8 Å². The second-order valence-electron chi connectivity index (χ2n) is 5.65. The number of hydrogen-bond acceptors (Lipinski definition) is 2. The van der Waals surface area contributed by atoms with Crippen LogP contribution >= 0.6 is 0 Å². The molecule has 2 aromatic heterocycles. The van der Waals surface area contributed by atoms with Crippen LogP contribution in [0.1, 0.15) is 47.3 Å². The van der Waals surface area contributed by atoms with E-state index in [-0.39, 0.29) is 27.1 Å². The minimum absolute atomic E-state index is 0.0496. The van der Waals surface area contributed by atoms with Crippen LogP contribution in [0.2, 0.25) is 0 Å². The molecule has 0 aliphatic carbocycles. The number of rotatable bonds is 3. The largest absolute Gasteiger partial charge is 0.344 e. The van der Waals surface area contributed by atoms with E-state index in [1.807, 2.05) is 0 Å². The van der Waals surface area contributed by atoms with E-state index in [0.29, 0.717) is 5.56 Å². The van der Waals surface area contributed by atoms with Gasteiger partial charge in [-0.25, -0.2) is 0 Å². The summed E-state index contributed by atoms with van der Waals surface area (Å²) in [7, 11) is 0. The second kappa shape index (κ2) is 6.06. The van der Waals surface area contributed by atoms with E-state index in [9.17, 15) is 0 Å². The van der Waals surface area contributed by atoms with E-state index in [1.165, 1.54) is 30.5 Å². The predicted octanol–water partition coefficient (Wildman–Crippen LogP) is 3.88. The maximum atomic E-state index is 8.94. The molecule has 0 amide bonds. The van der Waals surface area contributed by atoms with E-state index < -0.39 is 57.4 Å². The summed E-state index contributed by atoms with van der Waals surface area (Å²) in [4.78, 5) is 3.78. The van der Waals surface area contributed by atoms with E-state index >= 15 is 0 Å². The number of fused-ring (bicyclic) bond motifs is 3. The standard InChI is InChI=1S/C21H25N3/c1-15-4-7-20-18(12-15)19-14-23(3)10-9-21(19)24(20)11-8-17-6-5-16(2)22-13-17/h4-7,12-13H,8-11,14H2,1-3H3/i2D3,3D3,9D2,10D2,11D2,14D2. The van der Waals surface area contributed by atoms with Crippen LogP contribution in [-0.2, 0) is 25.8 Å². The third kappa shape index (κ3) is 2.73. The fourth-order valence-electron chi connectivity index (χ4n) is 2.75. The zero-order valence-corrected chi connectivity index (χ0v) is 13.0. The van der Waals surface area contributed by atoms with Crippen LogP contribution in [0.3, 0.4) is 0 Å². The van der Waals surface area contributed by atoms with Crippen LogP contribution in [0.5, 0.6) is 0 Å². The van der Waals surface area contributed by atoms with Gasteiger partial charge in [0.25, 0.3) is 0 Å². The molecule has 0 fully saturated rings. The molecule has 0 N–H and O–H groups in total. The Morgan fingerprint density at radius 1 is 1.33 bits per heavy atom. The predicted molar refractivity (Wildman–Crippen MR) is 99.4 cm³/mol. The summed E-state index contributed by atoms with van der Waals surface area (Å²) >= 11 is 0. The maximum Gasteiger partial charge on any atom is 0.0501 e. The summed E-state index contributed by atoms with van der Waals surface area (Å²) in [6.45, 7) is -13.1. The molecule has 1 aromatic carbocycles. The first-order chi connectivity index (χ1) is 17.0. The van der Waals surface area contributed by atoms with Crippen molar-refractivity contribution >= 4 is 10.9 Å². The van der Waals surface area contributed by atoms with Gasteiger partial charge in [-0.1, -0.05) is 17.7 Å². The van der Waals surface area contributed by atoms with Crippen LogP contribution in [0.15, 0.2) is 36.5 Å². The molecule has 124 valence electrons. The number of hydrogen-bond donors (Lipinski definition) is 0. The van der Waals surface area contributed by atoms with Crippen molar-refractivity contribution in [1.82, 2.24) is 14.5 Å². The van der Waals surface area contributed by atoms with Crippen molar-refractivity contribution in [2.75, 3.05) is 13.5 Å². The molecule has 0 radical (unpaired) electrons. The van der Waals surface area contributed by atoms with E-state index in [4.69, 9.17) is 19.2 Å². The van der Waals surface area contributed by atoms with Crippen molar-refractivity contribution in [1.29, 1.82) is 0 Å². The zero-order valence-electron chi connectivity index (χ0n) is 27.0. The Morgan fingerprint density at radius 3 is 3.08 bits per heavy atom. The quantitative estimate of drug-likeness (QED) is 0.725. The van der Waals surface area contributed by atoms with Gasteiger partial charge in [0.15, 0.2) is 0 Å². The van der Waals surface area contributed by atoms with Crippen molar-refractivity contribution in [3.63, 3.8) is 0 Å². The number of nitrogens with zero attached hydrogens (tertiary/aromatic N) is 3. The molecule has 0 atom stereocenters. The number of aryl methyl sites for hydroxylation is 4. The van der Waals surface area contributed by atoms with Crippen LogP contribution < -0.4 is 0 Å². The molecule has 0 bridgehead atoms. The van der Waals surface area contributed by atoms with Gasteiger partial charge in [-0.05, 0) is 56.5 Å². The van der Waals surface area contributed by atoms with Gasteiger partial charge in [0.05, 0.1) is 2.74 Å². The smallest absolute Gasteiger partial charge is 0.0501 e. The fourth-order valence-corrected chi connectivity index (χ4v) is 2.75. The lowest BCUT2D eigenvalue weighted by molar-refractivity contribution is 0.309. The highest BCUT2D eigenvalue weighted by Gasteiger charge is 2.22. The van der Waals surface area contributed by atoms with Gasteiger partial charge in [-0.2, -0.15) is 0 Å². The van der Waals surface area contributed by atoms with Crippen molar-refractivity contribution in [3.8, 4) is 0 Å². The average Bonchev–Trinajstić information content (AvgIpc) is 3.07. The number of benzene rings is 1. The van der Waals surface area contributed by atoms with Gasteiger partial charge in [-0.3, -0.25) is 4.98 Å². The maximum absolute atomic E-state index is 8.94. The van der Waals surface area contributed by atoms with Crippen molar-refractivity contribution in [2.45, 2.75) is 39.6 Å². The molecule has 0 spiro atoms. The molecule has 1 aliphatic rings. The molecule has 0 unspecified atom stereocenters. The first-order valence-corrected chi connectivity index (χ1v) is 7.47. The summed E-state index contributed by atoms with van der Waals surface area (Å²) in [6, 6.07) is 7.15. The topological polar surface area (TPSA) is 21.1 Å². The van der Waals surface area contributed by atoms with Crippen molar-refractivity contribution in [2.24, 2.45) is 0 Å². The van der Waals surface area contributed by atoms with E-state index in [2.05, 4.69) is 4.98 Å². The van der Waals surface area contributed by atoms with Crippen LogP contribution in [0.4, 0.5) is 0 Å². The van der Waals surface area contributed by atoms with E-state index in [0.717, 1.165) is 4.57 Å². The van der Waals surface area contributed by atoms with Gasteiger partial charge in [-0.15, -0.1) is 0 Å². The minimum Gasteiger partial charge on any atom is -0.344 e. The number of likely N-dealkylation sites (N-methyl/N-ethyl adjacent to an activating group) is 1. The Hall–Kier alpha value is -2.13. The highest BCUT2D eigenvalue weighted by atomic mass is 15.1. The molecular formula is C21H25N3. The van der Waals surface area contributed by atoms with Gasteiger partial charge >= 0.3 is 0 Å². The summed E-state index contributed by atoms with van der Waals surface area (Å²) in [6.07, 6.45) is -2.44.